The Hall–Kier alpha value is -2.17. The lowest BCUT2D eigenvalue weighted by Gasteiger charge is -2.20. The molecule has 0 bridgehead atoms. The maximum atomic E-state index is 12.7. The van der Waals surface area contributed by atoms with Crippen LogP contribution in [0.5, 0.6) is 0 Å². The summed E-state index contributed by atoms with van der Waals surface area (Å²) >= 11 is 0. The first-order valence-corrected chi connectivity index (χ1v) is 8.91. The molecule has 0 atom stereocenters. The van der Waals surface area contributed by atoms with E-state index < -0.39 is 5.97 Å². The Bertz CT molecular complexity index is 774. The highest BCUT2D eigenvalue weighted by molar-refractivity contribution is 6.02. The number of fused-ring (bicyclic) bond motifs is 1. The van der Waals surface area contributed by atoms with Gasteiger partial charge in [-0.1, -0.05) is 37.5 Å². The number of hydrogen-bond acceptors (Lipinski definition) is 4. The van der Waals surface area contributed by atoms with Gasteiger partial charge in [0.1, 0.15) is 6.10 Å². The van der Waals surface area contributed by atoms with Crippen LogP contribution in [0.1, 0.15) is 62.4 Å². The van der Waals surface area contributed by atoms with Crippen LogP contribution in [-0.4, -0.2) is 21.9 Å². The molecule has 0 unspecified atom stereocenters. The van der Waals surface area contributed by atoms with Gasteiger partial charge in [0, 0.05) is 11.9 Å². The molecule has 1 heterocycles. The zero-order valence-electron chi connectivity index (χ0n) is 14.2. The third kappa shape index (κ3) is 3.50. The minimum absolute atomic E-state index is 0.0413. The van der Waals surface area contributed by atoms with Gasteiger partial charge in [0.05, 0.1) is 5.39 Å². The van der Waals surface area contributed by atoms with Gasteiger partial charge in [-0.2, -0.15) is 5.10 Å². The van der Waals surface area contributed by atoms with E-state index >= 15 is 0 Å². The number of hydrogen-bond donors (Lipinski definition) is 0. The average molecular weight is 328 g/mol. The number of nitrogens with zero attached hydrogens (tertiary/aromatic N) is 2. The highest BCUT2D eigenvalue weighted by Gasteiger charge is 2.21. The Kier molecular flexibility index (Phi) is 5.28. The standard InChI is InChI=1S/C19H24N2O3/c1-2-21-18(22)16-13-9-8-12-15(16)17(20-21)19(23)24-14-10-6-4-3-5-7-11-14/h8-9,12-14H,2-7,10-11H2,1H3. The van der Waals surface area contributed by atoms with Gasteiger partial charge in [-0.25, -0.2) is 9.48 Å². The number of ether oxygens (including phenoxy) is 1. The summed E-state index contributed by atoms with van der Waals surface area (Å²) in [6.07, 6.45) is 7.66. The van der Waals surface area contributed by atoms with E-state index in [1.54, 1.807) is 18.2 Å². The Morgan fingerprint density at radius 2 is 1.75 bits per heavy atom. The van der Waals surface area contributed by atoms with E-state index in [0.717, 1.165) is 25.7 Å². The topological polar surface area (TPSA) is 61.2 Å². The number of rotatable bonds is 3. The predicted molar refractivity (Wildman–Crippen MR) is 93.2 cm³/mol. The quantitative estimate of drug-likeness (QED) is 0.806. The summed E-state index contributed by atoms with van der Waals surface area (Å²) in [4.78, 5) is 25.1. The van der Waals surface area contributed by atoms with E-state index in [2.05, 4.69) is 5.10 Å². The third-order valence-electron chi connectivity index (χ3n) is 4.69. The molecule has 1 saturated carbocycles. The second kappa shape index (κ2) is 7.60. The molecule has 1 aliphatic rings. The molecule has 1 aromatic carbocycles. The van der Waals surface area contributed by atoms with Gasteiger partial charge in [0.2, 0.25) is 0 Å². The molecule has 0 aliphatic heterocycles. The van der Waals surface area contributed by atoms with Gasteiger partial charge in [-0.15, -0.1) is 0 Å². The summed E-state index contributed by atoms with van der Waals surface area (Å²) in [6, 6.07) is 7.11. The first kappa shape index (κ1) is 16.7. The number of benzene rings is 1. The van der Waals surface area contributed by atoms with E-state index in [-0.39, 0.29) is 17.4 Å². The van der Waals surface area contributed by atoms with Crippen molar-refractivity contribution in [1.29, 1.82) is 0 Å². The molecule has 0 amide bonds. The number of aryl methyl sites for hydroxylation is 1. The van der Waals surface area contributed by atoms with Gasteiger partial charge in [-0.05, 0) is 38.7 Å². The lowest BCUT2D eigenvalue weighted by molar-refractivity contribution is 0.0232. The molecule has 1 fully saturated rings. The predicted octanol–water partition coefficient (Wildman–Crippen LogP) is 3.69. The minimum atomic E-state index is -0.418. The van der Waals surface area contributed by atoms with Crippen molar-refractivity contribution < 1.29 is 9.53 Å². The largest absolute Gasteiger partial charge is 0.458 e. The van der Waals surface area contributed by atoms with E-state index in [1.807, 2.05) is 13.0 Å². The van der Waals surface area contributed by atoms with Crippen LogP contribution < -0.4 is 5.56 Å². The molecule has 0 spiro atoms. The van der Waals surface area contributed by atoms with Crippen LogP contribution in [0.2, 0.25) is 0 Å². The fraction of sp³-hybridized carbons (Fsp3) is 0.526. The van der Waals surface area contributed by atoms with Crippen LogP contribution in [0, 0.1) is 0 Å². The lowest BCUT2D eigenvalue weighted by Crippen LogP contribution is -2.27. The zero-order chi connectivity index (χ0) is 16.9. The number of carbonyl (C=O) groups excluding carboxylic acids is 1. The fourth-order valence-corrected chi connectivity index (χ4v) is 3.34. The van der Waals surface area contributed by atoms with E-state index in [1.165, 1.54) is 23.9 Å². The van der Waals surface area contributed by atoms with Crippen molar-refractivity contribution >= 4 is 16.7 Å². The maximum absolute atomic E-state index is 12.7. The van der Waals surface area contributed by atoms with Crippen molar-refractivity contribution in [3.63, 3.8) is 0 Å². The van der Waals surface area contributed by atoms with Crippen molar-refractivity contribution in [1.82, 2.24) is 9.78 Å². The second-order valence-electron chi connectivity index (χ2n) is 6.39. The molecular weight excluding hydrogens is 304 g/mol. The maximum Gasteiger partial charge on any atom is 0.359 e. The highest BCUT2D eigenvalue weighted by atomic mass is 16.5. The van der Waals surface area contributed by atoms with Gasteiger partial charge < -0.3 is 4.74 Å². The molecule has 2 aromatic rings. The summed E-state index contributed by atoms with van der Waals surface area (Å²) in [5.74, 6) is -0.418. The van der Waals surface area contributed by atoms with E-state index in [4.69, 9.17) is 4.74 Å². The van der Waals surface area contributed by atoms with Crippen LogP contribution in [0.4, 0.5) is 0 Å². The van der Waals surface area contributed by atoms with Crippen LogP contribution in [0.25, 0.3) is 10.8 Å². The van der Waals surface area contributed by atoms with Crippen molar-refractivity contribution in [3.8, 4) is 0 Å². The van der Waals surface area contributed by atoms with Crippen LogP contribution in [0.3, 0.4) is 0 Å². The lowest BCUT2D eigenvalue weighted by atomic mass is 9.98. The summed E-state index contributed by atoms with van der Waals surface area (Å²) < 4.78 is 7.07. The number of carbonyl (C=O) groups is 1. The van der Waals surface area contributed by atoms with Gasteiger partial charge in [0.25, 0.3) is 5.56 Å². The summed E-state index contributed by atoms with van der Waals surface area (Å²) in [7, 11) is 0. The Morgan fingerprint density at radius 1 is 1.12 bits per heavy atom. The smallest absolute Gasteiger partial charge is 0.359 e. The van der Waals surface area contributed by atoms with Gasteiger partial charge in [-0.3, -0.25) is 4.79 Å². The van der Waals surface area contributed by atoms with Gasteiger partial charge in [0.15, 0.2) is 5.69 Å². The fourth-order valence-electron chi connectivity index (χ4n) is 3.34. The van der Waals surface area contributed by atoms with Crippen molar-refractivity contribution in [3.05, 3.63) is 40.3 Å². The second-order valence-corrected chi connectivity index (χ2v) is 6.39. The molecule has 5 nitrogen and oxygen atoms in total. The van der Waals surface area contributed by atoms with E-state index in [0.29, 0.717) is 17.3 Å². The molecule has 128 valence electrons. The first-order valence-electron chi connectivity index (χ1n) is 8.91. The van der Waals surface area contributed by atoms with Crippen molar-refractivity contribution in [2.45, 2.75) is 64.5 Å². The monoisotopic (exact) mass is 328 g/mol. The molecule has 5 heteroatoms. The molecule has 1 aromatic heterocycles. The van der Waals surface area contributed by atoms with Gasteiger partial charge >= 0.3 is 5.97 Å². The van der Waals surface area contributed by atoms with Crippen molar-refractivity contribution in [2.24, 2.45) is 0 Å². The molecule has 0 saturated heterocycles. The van der Waals surface area contributed by atoms with E-state index in [9.17, 15) is 9.59 Å². The van der Waals surface area contributed by atoms with Crippen molar-refractivity contribution in [2.75, 3.05) is 0 Å². The Morgan fingerprint density at radius 3 is 2.42 bits per heavy atom. The zero-order valence-corrected chi connectivity index (χ0v) is 14.2. The molecule has 24 heavy (non-hydrogen) atoms. The number of esters is 1. The first-order chi connectivity index (χ1) is 11.7. The Labute approximate surface area is 141 Å². The average Bonchev–Trinajstić information content (AvgIpc) is 2.57. The summed E-state index contributed by atoms with van der Waals surface area (Å²) in [5, 5.41) is 5.34. The van der Waals surface area contributed by atoms with Crippen LogP contribution in [0.15, 0.2) is 29.1 Å². The molecular formula is C19H24N2O3. The normalized spacial score (nSPS) is 16.5. The third-order valence-corrected chi connectivity index (χ3v) is 4.69. The molecule has 0 N–H and O–H groups in total. The van der Waals surface area contributed by atoms with Crippen LogP contribution in [-0.2, 0) is 11.3 Å². The highest BCUT2D eigenvalue weighted by Crippen LogP contribution is 2.21. The number of aromatic nitrogens is 2. The molecule has 1 aliphatic carbocycles. The Balaban J connectivity index is 1.91. The van der Waals surface area contributed by atoms with Crippen LogP contribution >= 0.6 is 0 Å². The summed E-state index contributed by atoms with van der Waals surface area (Å²) in [6.45, 7) is 2.26. The minimum Gasteiger partial charge on any atom is -0.458 e. The summed E-state index contributed by atoms with van der Waals surface area (Å²) in [5.41, 5.74) is 0.0738. The SMILES string of the molecule is CCn1nc(C(=O)OC2CCCCCCC2)c2ccccc2c1=O. The molecule has 3 rings (SSSR count). The molecule has 0 radical (unpaired) electrons.